The molecule has 17 heavy (non-hydrogen) atoms. The van der Waals surface area contributed by atoms with Crippen molar-refractivity contribution < 1.29 is 4.79 Å². The summed E-state index contributed by atoms with van der Waals surface area (Å²) in [6.45, 7) is 1.31. The van der Waals surface area contributed by atoms with Gasteiger partial charge in [0.05, 0.1) is 6.54 Å². The third-order valence-corrected chi connectivity index (χ3v) is 3.20. The summed E-state index contributed by atoms with van der Waals surface area (Å²) in [6, 6.07) is 10.8. The standard InChI is InChI=1S/C14H20N2O/c1-16(13-7-8-13)14(17)11-15-10-9-12-5-3-2-4-6-12/h2-6,13,15H,7-11H2,1H3. The molecule has 1 aliphatic rings. The predicted octanol–water partition coefficient (Wildman–Crippen LogP) is 1.44. The number of hydrogen-bond donors (Lipinski definition) is 1. The lowest BCUT2D eigenvalue weighted by atomic mass is 10.1. The number of hydrogen-bond acceptors (Lipinski definition) is 2. The molecule has 0 radical (unpaired) electrons. The Morgan fingerprint density at radius 3 is 2.71 bits per heavy atom. The van der Waals surface area contributed by atoms with Crippen molar-refractivity contribution in [1.29, 1.82) is 0 Å². The van der Waals surface area contributed by atoms with E-state index < -0.39 is 0 Å². The Kier molecular flexibility index (Phi) is 4.15. The van der Waals surface area contributed by atoms with E-state index in [9.17, 15) is 4.79 Å². The van der Waals surface area contributed by atoms with Crippen LogP contribution in [0, 0.1) is 0 Å². The van der Waals surface area contributed by atoms with Crippen molar-refractivity contribution in [2.45, 2.75) is 25.3 Å². The number of carbonyl (C=O) groups is 1. The topological polar surface area (TPSA) is 32.3 Å². The van der Waals surface area contributed by atoms with Crippen LogP contribution in [0.4, 0.5) is 0 Å². The van der Waals surface area contributed by atoms with E-state index >= 15 is 0 Å². The van der Waals surface area contributed by atoms with Gasteiger partial charge in [-0.3, -0.25) is 4.79 Å². The molecule has 1 aromatic rings. The van der Waals surface area contributed by atoms with Crippen LogP contribution in [0.25, 0.3) is 0 Å². The highest BCUT2D eigenvalue weighted by atomic mass is 16.2. The molecule has 0 atom stereocenters. The first-order chi connectivity index (χ1) is 8.27. The Balaban J connectivity index is 1.61. The SMILES string of the molecule is CN(C(=O)CNCCc1ccccc1)C1CC1. The van der Waals surface area contributed by atoms with Gasteiger partial charge in [0.15, 0.2) is 0 Å². The van der Waals surface area contributed by atoms with Gasteiger partial charge < -0.3 is 10.2 Å². The van der Waals surface area contributed by atoms with E-state index in [-0.39, 0.29) is 5.91 Å². The Morgan fingerprint density at radius 1 is 1.35 bits per heavy atom. The molecule has 1 amide bonds. The first kappa shape index (κ1) is 12.1. The third kappa shape index (κ3) is 3.86. The van der Waals surface area contributed by atoms with Crippen LogP contribution < -0.4 is 5.32 Å². The van der Waals surface area contributed by atoms with Crippen molar-refractivity contribution >= 4 is 5.91 Å². The number of carbonyl (C=O) groups excluding carboxylic acids is 1. The van der Waals surface area contributed by atoms with Crippen LogP contribution in [0.1, 0.15) is 18.4 Å². The number of benzene rings is 1. The van der Waals surface area contributed by atoms with Crippen molar-refractivity contribution in [3.8, 4) is 0 Å². The first-order valence-electron chi connectivity index (χ1n) is 6.27. The molecule has 0 heterocycles. The van der Waals surface area contributed by atoms with Gasteiger partial charge in [-0.25, -0.2) is 0 Å². The normalized spacial score (nSPS) is 14.6. The molecule has 3 nitrogen and oxygen atoms in total. The van der Waals surface area contributed by atoms with Gasteiger partial charge in [0.25, 0.3) is 0 Å². The zero-order chi connectivity index (χ0) is 12.1. The summed E-state index contributed by atoms with van der Waals surface area (Å²) in [7, 11) is 1.90. The predicted molar refractivity (Wildman–Crippen MR) is 68.8 cm³/mol. The Labute approximate surface area is 103 Å². The van der Waals surface area contributed by atoms with Gasteiger partial charge in [-0.2, -0.15) is 0 Å². The smallest absolute Gasteiger partial charge is 0.236 e. The number of amides is 1. The Morgan fingerprint density at radius 2 is 2.06 bits per heavy atom. The lowest BCUT2D eigenvalue weighted by Crippen LogP contribution is -2.37. The molecule has 2 rings (SSSR count). The van der Waals surface area contributed by atoms with Crippen molar-refractivity contribution in [3.05, 3.63) is 35.9 Å². The van der Waals surface area contributed by atoms with Gasteiger partial charge in [-0.05, 0) is 31.4 Å². The first-order valence-corrected chi connectivity index (χ1v) is 6.27. The Hall–Kier alpha value is -1.35. The average molecular weight is 232 g/mol. The second-order valence-electron chi connectivity index (χ2n) is 4.65. The van der Waals surface area contributed by atoms with Crippen LogP contribution in [0.5, 0.6) is 0 Å². The molecule has 1 aliphatic carbocycles. The van der Waals surface area contributed by atoms with E-state index in [4.69, 9.17) is 0 Å². The zero-order valence-electron chi connectivity index (χ0n) is 10.4. The minimum Gasteiger partial charge on any atom is -0.342 e. The fourth-order valence-corrected chi connectivity index (χ4v) is 1.86. The van der Waals surface area contributed by atoms with Crippen molar-refractivity contribution in [2.75, 3.05) is 20.1 Å². The molecule has 1 fully saturated rings. The van der Waals surface area contributed by atoms with Gasteiger partial charge >= 0.3 is 0 Å². The number of likely N-dealkylation sites (N-methyl/N-ethyl adjacent to an activating group) is 1. The van der Waals surface area contributed by atoms with Gasteiger partial charge in [0.1, 0.15) is 0 Å². The minimum absolute atomic E-state index is 0.209. The highest BCUT2D eigenvalue weighted by Crippen LogP contribution is 2.24. The van der Waals surface area contributed by atoms with Crippen LogP contribution in [0.15, 0.2) is 30.3 Å². The average Bonchev–Trinajstić information content (AvgIpc) is 3.19. The maximum absolute atomic E-state index is 11.7. The molecule has 0 aromatic heterocycles. The summed E-state index contributed by atoms with van der Waals surface area (Å²) in [5, 5.41) is 3.21. The molecule has 0 unspecified atom stereocenters. The van der Waals surface area contributed by atoms with Crippen molar-refractivity contribution in [1.82, 2.24) is 10.2 Å². The van der Waals surface area contributed by atoms with E-state index in [0.29, 0.717) is 12.6 Å². The van der Waals surface area contributed by atoms with E-state index in [1.165, 1.54) is 18.4 Å². The largest absolute Gasteiger partial charge is 0.342 e. The summed E-state index contributed by atoms with van der Waals surface area (Å²) < 4.78 is 0. The molecule has 0 saturated heterocycles. The summed E-state index contributed by atoms with van der Waals surface area (Å²) in [4.78, 5) is 13.6. The van der Waals surface area contributed by atoms with Gasteiger partial charge in [0.2, 0.25) is 5.91 Å². The van der Waals surface area contributed by atoms with Crippen LogP contribution in [-0.2, 0) is 11.2 Å². The van der Waals surface area contributed by atoms with Gasteiger partial charge in [0, 0.05) is 13.1 Å². The highest BCUT2D eigenvalue weighted by molar-refractivity contribution is 5.78. The van der Waals surface area contributed by atoms with E-state index in [1.54, 1.807) is 0 Å². The highest BCUT2D eigenvalue weighted by Gasteiger charge is 2.28. The molecule has 1 N–H and O–H groups in total. The second-order valence-corrected chi connectivity index (χ2v) is 4.65. The molecule has 0 bridgehead atoms. The summed E-state index contributed by atoms with van der Waals surface area (Å²) >= 11 is 0. The second kappa shape index (κ2) is 5.82. The summed E-state index contributed by atoms with van der Waals surface area (Å²) in [5.74, 6) is 0.209. The van der Waals surface area contributed by atoms with Gasteiger partial charge in [-0.15, -0.1) is 0 Å². The molecule has 3 heteroatoms. The molecule has 1 aromatic carbocycles. The van der Waals surface area contributed by atoms with E-state index in [0.717, 1.165) is 13.0 Å². The van der Waals surface area contributed by atoms with Crippen molar-refractivity contribution in [2.24, 2.45) is 0 Å². The summed E-state index contributed by atoms with van der Waals surface area (Å²) in [5.41, 5.74) is 1.31. The van der Waals surface area contributed by atoms with Gasteiger partial charge in [-0.1, -0.05) is 30.3 Å². The lowest BCUT2D eigenvalue weighted by Gasteiger charge is -2.16. The molecule has 1 saturated carbocycles. The zero-order valence-corrected chi connectivity index (χ0v) is 10.4. The number of nitrogens with zero attached hydrogens (tertiary/aromatic N) is 1. The van der Waals surface area contributed by atoms with E-state index in [1.807, 2.05) is 30.1 Å². The van der Waals surface area contributed by atoms with Crippen LogP contribution in [-0.4, -0.2) is 37.0 Å². The molecule has 0 spiro atoms. The molecular formula is C14H20N2O. The Bertz CT molecular complexity index is 360. The quantitative estimate of drug-likeness (QED) is 0.753. The third-order valence-electron chi connectivity index (χ3n) is 3.20. The monoisotopic (exact) mass is 232 g/mol. The molecule has 0 aliphatic heterocycles. The molecular weight excluding hydrogens is 212 g/mol. The van der Waals surface area contributed by atoms with Crippen LogP contribution in [0.2, 0.25) is 0 Å². The lowest BCUT2D eigenvalue weighted by molar-refractivity contribution is -0.129. The minimum atomic E-state index is 0.209. The van der Waals surface area contributed by atoms with E-state index in [2.05, 4.69) is 17.4 Å². The van der Waals surface area contributed by atoms with Crippen LogP contribution >= 0.6 is 0 Å². The number of rotatable bonds is 6. The van der Waals surface area contributed by atoms with Crippen LogP contribution in [0.3, 0.4) is 0 Å². The molecule has 92 valence electrons. The fourth-order valence-electron chi connectivity index (χ4n) is 1.86. The summed E-state index contributed by atoms with van der Waals surface area (Å²) in [6.07, 6.45) is 3.32. The maximum Gasteiger partial charge on any atom is 0.236 e. The number of nitrogens with one attached hydrogen (secondary N) is 1. The maximum atomic E-state index is 11.7. The fraction of sp³-hybridized carbons (Fsp3) is 0.500. The van der Waals surface area contributed by atoms with Crippen molar-refractivity contribution in [3.63, 3.8) is 0 Å².